The quantitative estimate of drug-likeness (QED) is 0.593. The monoisotopic (exact) mass is 176 g/mol. The Kier molecular flexibility index (Phi) is 1.76. The Balaban J connectivity index is 2.60. The number of benzene rings is 1. The third-order valence-electron chi connectivity index (χ3n) is 2.23. The largest absolute Gasteiger partial charge is 0.294 e. The van der Waals surface area contributed by atoms with Crippen molar-refractivity contribution in [2.45, 2.75) is 13.3 Å². The number of hydrogen-bond acceptors (Lipinski definition) is 1. The maximum Gasteiger partial charge on any atom is 0.160 e. The van der Waals surface area contributed by atoms with E-state index >= 15 is 0 Å². The first kappa shape index (κ1) is 8.17. The molecule has 0 amide bonds. The lowest BCUT2D eigenvalue weighted by Gasteiger charge is -2.13. The summed E-state index contributed by atoms with van der Waals surface area (Å²) in [6.07, 6.45) is 1.94. The van der Waals surface area contributed by atoms with Gasteiger partial charge >= 0.3 is 0 Å². The van der Waals surface area contributed by atoms with Crippen LogP contribution in [0.15, 0.2) is 24.3 Å². The van der Waals surface area contributed by atoms with Crippen molar-refractivity contribution < 1.29 is 9.18 Å². The first-order valence-corrected chi connectivity index (χ1v) is 4.17. The predicted molar refractivity (Wildman–Crippen MR) is 48.8 cm³/mol. The molecule has 1 nitrogen and oxygen atoms in total. The van der Waals surface area contributed by atoms with Crippen LogP contribution < -0.4 is 0 Å². The normalized spacial score (nSPS) is 15.2. The van der Waals surface area contributed by atoms with Gasteiger partial charge in [0.15, 0.2) is 5.78 Å². The molecule has 0 N–H and O–H groups in total. The second-order valence-electron chi connectivity index (χ2n) is 3.27. The molecule has 0 saturated heterocycles. The number of fused-ring (bicyclic) bond motifs is 1. The Labute approximate surface area is 75.9 Å². The van der Waals surface area contributed by atoms with Gasteiger partial charge in [0.05, 0.1) is 0 Å². The van der Waals surface area contributed by atoms with Crippen LogP contribution in [0.5, 0.6) is 0 Å². The van der Waals surface area contributed by atoms with Crippen molar-refractivity contribution in [3.63, 3.8) is 0 Å². The molecule has 1 aliphatic carbocycles. The fraction of sp³-hybridized carbons (Fsp3) is 0.182. The Morgan fingerprint density at radius 1 is 1.38 bits per heavy atom. The molecule has 0 heterocycles. The molecule has 1 aromatic carbocycles. The zero-order valence-corrected chi connectivity index (χ0v) is 7.30. The number of allylic oxidation sites excluding steroid dienone is 2. The number of ketones is 1. The summed E-state index contributed by atoms with van der Waals surface area (Å²) in [5.74, 6) is -0.225. The highest BCUT2D eigenvalue weighted by Crippen LogP contribution is 2.24. The number of hydrogen-bond donors (Lipinski definition) is 0. The Bertz CT molecular complexity index is 405. The molecule has 0 aromatic heterocycles. The highest BCUT2D eigenvalue weighted by Gasteiger charge is 2.14. The van der Waals surface area contributed by atoms with Gasteiger partial charge < -0.3 is 0 Å². The van der Waals surface area contributed by atoms with E-state index in [1.54, 1.807) is 12.1 Å². The summed E-state index contributed by atoms with van der Waals surface area (Å²) in [6, 6.07) is 4.58. The fourth-order valence-corrected chi connectivity index (χ4v) is 1.65. The molecule has 13 heavy (non-hydrogen) atoms. The Morgan fingerprint density at radius 3 is 2.92 bits per heavy atom. The van der Waals surface area contributed by atoms with E-state index in [0.29, 0.717) is 6.42 Å². The second kappa shape index (κ2) is 2.80. The fourth-order valence-electron chi connectivity index (χ4n) is 1.65. The van der Waals surface area contributed by atoms with Crippen molar-refractivity contribution in [3.8, 4) is 0 Å². The van der Waals surface area contributed by atoms with Gasteiger partial charge in [-0.3, -0.25) is 4.79 Å². The minimum atomic E-state index is -0.277. The zero-order chi connectivity index (χ0) is 9.42. The topological polar surface area (TPSA) is 17.1 Å². The third-order valence-corrected chi connectivity index (χ3v) is 2.23. The van der Waals surface area contributed by atoms with Crippen LogP contribution in [0.4, 0.5) is 4.39 Å². The summed E-state index contributed by atoms with van der Waals surface area (Å²) in [4.78, 5) is 11.1. The first-order chi connectivity index (χ1) is 6.16. The van der Waals surface area contributed by atoms with E-state index in [0.717, 1.165) is 16.7 Å². The van der Waals surface area contributed by atoms with Crippen molar-refractivity contribution >= 4 is 11.4 Å². The van der Waals surface area contributed by atoms with Crippen LogP contribution in [0.1, 0.15) is 18.1 Å². The van der Waals surface area contributed by atoms with Gasteiger partial charge in [-0.1, -0.05) is 6.07 Å². The highest BCUT2D eigenvalue weighted by atomic mass is 19.1. The van der Waals surface area contributed by atoms with Crippen LogP contribution in [0.2, 0.25) is 0 Å². The minimum absolute atomic E-state index is 0.0515. The van der Waals surface area contributed by atoms with Gasteiger partial charge in [0, 0.05) is 6.42 Å². The van der Waals surface area contributed by atoms with Crippen molar-refractivity contribution in [1.29, 1.82) is 0 Å². The number of carbonyl (C=O) groups is 1. The average Bonchev–Trinajstić information content (AvgIpc) is 2.02. The molecule has 66 valence electrons. The van der Waals surface area contributed by atoms with Crippen LogP contribution in [0.25, 0.3) is 5.57 Å². The van der Waals surface area contributed by atoms with Crippen molar-refractivity contribution in [3.05, 3.63) is 41.2 Å². The van der Waals surface area contributed by atoms with Gasteiger partial charge in [0.1, 0.15) is 5.82 Å². The van der Waals surface area contributed by atoms with Crippen LogP contribution in [0.3, 0.4) is 0 Å². The van der Waals surface area contributed by atoms with E-state index in [2.05, 4.69) is 0 Å². The summed E-state index contributed by atoms with van der Waals surface area (Å²) in [5.41, 5.74) is 2.71. The molecular weight excluding hydrogens is 167 g/mol. The van der Waals surface area contributed by atoms with Gasteiger partial charge in [-0.05, 0) is 41.8 Å². The zero-order valence-electron chi connectivity index (χ0n) is 7.30. The minimum Gasteiger partial charge on any atom is -0.294 e. The lowest BCUT2D eigenvalue weighted by Crippen LogP contribution is -2.08. The van der Waals surface area contributed by atoms with Gasteiger partial charge in [-0.25, -0.2) is 4.39 Å². The van der Waals surface area contributed by atoms with Gasteiger partial charge in [-0.2, -0.15) is 0 Å². The Hall–Kier alpha value is -1.44. The average molecular weight is 176 g/mol. The number of halogens is 1. The third kappa shape index (κ3) is 1.39. The second-order valence-corrected chi connectivity index (χ2v) is 3.27. The van der Waals surface area contributed by atoms with Gasteiger partial charge in [0.25, 0.3) is 0 Å². The van der Waals surface area contributed by atoms with Crippen LogP contribution in [-0.4, -0.2) is 5.78 Å². The van der Waals surface area contributed by atoms with E-state index in [4.69, 9.17) is 0 Å². The maximum atomic E-state index is 12.8. The number of rotatable bonds is 0. The summed E-state index contributed by atoms with van der Waals surface area (Å²) in [7, 11) is 0. The van der Waals surface area contributed by atoms with E-state index in [-0.39, 0.29) is 11.6 Å². The van der Waals surface area contributed by atoms with E-state index in [9.17, 15) is 9.18 Å². The molecule has 2 heteroatoms. The molecule has 0 saturated carbocycles. The van der Waals surface area contributed by atoms with Gasteiger partial charge in [-0.15, -0.1) is 0 Å². The van der Waals surface area contributed by atoms with Crippen molar-refractivity contribution in [2.24, 2.45) is 0 Å². The SMILES string of the molecule is CC1=CC(=O)Cc2cc(F)ccc21. The first-order valence-electron chi connectivity index (χ1n) is 4.17. The molecule has 1 aliphatic rings. The van der Waals surface area contributed by atoms with E-state index in [1.165, 1.54) is 12.1 Å². The van der Waals surface area contributed by atoms with Crippen molar-refractivity contribution in [1.82, 2.24) is 0 Å². The summed E-state index contributed by atoms with van der Waals surface area (Å²) in [5, 5.41) is 0. The molecule has 0 unspecified atom stereocenters. The summed E-state index contributed by atoms with van der Waals surface area (Å²) >= 11 is 0. The maximum absolute atomic E-state index is 12.8. The predicted octanol–water partition coefficient (Wildman–Crippen LogP) is 2.35. The molecular formula is C11H9FO. The number of carbonyl (C=O) groups excluding carboxylic acids is 1. The molecule has 2 rings (SSSR count). The lowest BCUT2D eigenvalue weighted by molar-refractivity contribution is -0.114. The van der Waals surface area contributed by atoms with Crippen LogP contribution >= 0.6 is 0 Å². The van der Waals surface area contributed by atoms with E-state index in [1.807, 2.05) is 6.92 Å². The molecule has 0 radical (unpaired) electrons. The van der Waals surface area contributed by atoms with E-state index < -0.39 is 0 Å². The summed E-state index contributed by atoms with van der Waals surface area (Å²) < 4.78 is 12.8. The molecule has 0 atom stereocenters. The molecule has 0 bridgehead atoms. The molecule has 0 aliphatic heterocycles. The van der Waals surface area contributed by atoms with Crippen LogP contribution in [-0.2, 0) is 11.2 Å². The summed E-state index contributed by atoms with van der Waals surface area (Å²) in [6.45, 7) is 1.87. The highest BCUT2D eigenvalue weighted by molar-refractivity contribution is 6.01. The van der Waals surface area contributed by atoms with Gasteiger partial charge in [0.2, 0.25) is 0 Å². The standard InChI is InChI=1S/C11H9FO/c1-7-4-10(13)6-8-5-9(12)2-3-11(7)8/h2-5H,6H2,1H3. The van der Waals surface area contributed by atoms with Crippen LogP contribution in [0, 0.1) is 5.82 Å². The lowest BCUT2D eigenvalue weighted by atomic mass is 9.91. The molecule has 0 fully saturated rings. The van der Waals surface area contributed by atoms with Crippen molar-refractivity contribution in [2.75, 3.05) is 0 Å². The smallest absolute Gasteiger partial charge is 0.160 e. The Morgan fingerprint density at radius 2 is 2.15 bits per heavy atom. The molecule has 1 aromatic rings. The molecule has 0 spiro atoms.